The van der Waals surface area contributed by atoms with Gasteiger partial charge in [-0.2, -0.15) is 5.10 Å². The summed E-state index contributed by atoms with van der Waals surface area (Å²) in [6.45, 7) is 3.68. The van der Waals surface area contributed by atoms with Gasteiger partial charge >= 0.3 is 0 Å². The van der Waals surface area contributed by atoms with Gasteiger partial charge in [0.25, 0.3) is 12.3 Å². The van der Waals surface area contributed by atoms with Crippen LogP contribution in [0.1, 0.15) is 29.8 Å². The predicted octanol–water partition coefficient (Wildman–Crippen LogP) is 3.26. The normalized spacial score (nSPS) is 16.3. The average molecular weight is 407 g/mol. The highest BCUT2D eigenvalue weighted by Gasteiger charge is 2.26. The van der Waals surface area contributed by atoms with E-state index in [4.69, 9.17) is 4.74 Å². The molecule has 2 N–H and O–H groups in total. The number of fused-ring (bicyclic) bond motifs is 2. The fraction of sp³-hybridized carbons (Fsp3) is 0.316. The summed E-state index contributed by atoms with van der Waals surface area (Å²) in [5.74, 6) is -0.560. The standard InChI is InChI=1S/C17H14F3N5O2.C2H6/c18-10-1-2-13-9(5-10)6-21-14-3-4-25-16(24-14)11(7-22-25)17(26)23-12(8-27-13)15(19)20;1-2/h1-5,7,12,15H,6,8H2,(H,21,24)(H,23,26);1-2H3. The molecule has 2 bridgehead atoms. The average Bonchev–Trinajstić information content (AvgIpc) is 3.14. The maximum Gasteiger partial charge on any atom is 0.261 e. The van der Waals surface area contributed by atoms with Crippen molar-refractivity contribution in [2.75, 3.05) is 11.9 Å². The number of hydrogen-bond acceptors (Lipinski definition) is 5. The summed E-state index contributed by atoms with van der Waals surface area (Å²) in [6, 6.07) is 3.86. The smallest absolute Gasteiger partial charge is 0.261 e. The Balaban J connectivity index is 0.00000117. The molecule has 154 valence electrons. The van der Waals surface area contributed by atoms with Crippen LogP contribution < -0.4 is 15.4 Å². The van der Waals surface area contributed by atoms with Crippen molar-refractivity contribution >= 4 is 17.4 Å². The molecule has 0 aliphatic carbocycles. The Morgan fingerprint density at radius 1 is 1.28 bits per heavy atom. The Kier molecular flexibility index (Phi) is 6.20. The van der Waals surface area contributed by atoms with Gasteiger partial charge in [-0.05, 0) is 24.3 Å². The number of rotatable bonds is 1. The first-order valence-corrected chi connectivity index (χ1v) is 9.10. The Morgan fingerprint density at radius 2 is 2.07 bits per heavy atom. The number of anilines is 1. The van der Waals surface area contributed by atoms with E-state index in [2.05, 4.69) is 20.7 Å². The van der Waals surface area contributed by atoms with Gasteiger partial charge in [0.05, 0.1) is 6.20 Å². The minimum atomic E-state index is -2.86. The topological polar surface area (TPSA) is 80.5 Å². The number of alkyl halides is 2. The van der Waals surface area contributed by atoms with Gasteiger partial charge in [0.2, 0.25) is 0 Å². The van der Waals surface area contributed by atoms with Crippen molar-refractivity contribution in [1.29, 1.82) is 0 Å². The number of hydrogen-bond donors (Lipinski definition) is 2. The quantitative estimate of drug-likeness (QED) is 0.647. The van der Waals surface area contributed by atoms with Crippen molar-refractivity contribution in [1.82, 2.24) is 19.9 Å². The second-order valence-electron chi connectivity index (χ2n) is 5.97. The van der Waals surface area contributed by atoms with Gasteiger partial charge in [-0.3, -0.25) is 4.79 Å². The molecular weight excluding hydrogens is 387 g/mol. The van der Waals surface area contributed by atoms with E-state index < -0.39 is 30.8 Å². The van der Waals surface area contributed by atoms with Gasteiger partial charge in [0, 0.05) is 18.3 Å². The zero-order valence-electron chi connectivity index (χ0n) is 15.8. The van der Waals surface area contributed by atoms with E-state index in [1.807, 2.05) is 13.8 Å². The molecule has 29 heavy (non-hydrogen) atoms. The van der Waals surface area contributed by atoms with Crippen LogP contribution in [0.25, 0.3) is 5.65 Å². The first kappa shape index (κ1) is 20.4. The summed E-state index contributed by atoms with van der Waals surface area (Å²) in [6.07, 6.45) is -0.0185. The van der Waals surface area contributed by atoms with Gasteiger partial charge in [-0.1, -0.05) is 13.8 Å². The van der Waals surface area contributed by atoms with Crippen molar-refractivity contribution < 1.29 is 22.7 Å². The molecule has 0 saturated heterocycles. The van der Waals surface area contributed by atoms with E-state index in [0.29, 0.717) is 11.4 Å². The van der Waals surface area contributed by atoms with Crippen LogP contribution in [0.4, 0.5) is 19.0 Å². The van der Waals surface area contributed by atoms with Crippen LogP contribution in [-0.2, 0) is 6.54 Å². The van der Waals surface area contributed by atoms with Crippen molar-refractivity contribution in [2.45, 2.75) is 32.9 Å². The lowest BCUT2D eigenvalue weighted by molar-refractivity contribution is 0.0600. The van der Waals surface area contributed by atoms with Crippen LogP contribution in [0.2, 0.25) is 0 Å². The number of halogens is 3. The second kappa shape index (κ2) is 8.80. The van der Waals surface area contributed by atoms with Gasteiger partial charge in [-0.15, -0.1) is 0 Å². The molecule has 2 aromatic heterocycles. The van der Waals surface area contributed by atoms with E-state index in [1.165, 1.54) is 28.9 Å². The molecule has 1 amide bonds. The highest BCUT2D eigenvalue weighted by molar-refractivity contribution is 6.00. The summed E-state index contributed by atoms with van der Waals surface area (Å²) < 4.78 is 47.2. The van der Waals surface area contributed by atoms with E-state index in [-0.39, 0.29) is 23.5 Å². The Hall–Kier alpha value is -3.30. The molecule has 0 spiro atoms. The molecule has 4 rings (SSSR count). The van der Waals surface area contributed by atoms with E-state index in [0.717, 1.165) is 0 Å². The summed E-state index contributed by atoms with van der Waals surface area (Å²) in [7, 11) is 0. The Bertz CT molecular complexity index is 1010. The first-order valence-electron chi connectivity index (χ1n) is 9.10. The minimum Gasteiger partial charge on any atom is -0.491 e. The number of aromatic nitrogens is 3. The highest BCUT2D eigenvalue weighted by atomic mass is 19.3. The molecular formula is C19H20F3N5O2. The Morgan fingerprint density at radius 3 is 2.83 bits per heavy atom. The zero-order chi connectivity index (χ0) is 21.0. The molecule has 7 nitrogen and oxygen atoms in total. The molecule has 1 aliphatic heterocycles. The number of carbonyl (C=O) groups is 1. The van der Waals surface area contributed by atoms with E-state index in [1.54, 1.807) is 12.3 Å². The van der Waals surface area contributed by atoms with Crippen LogP contribution in [0.15, 0.2) is 36.7 Å². The first-order chi connectivity index (χ1) is 14.0. The van der Waals surface area contributed by atoms with Crippen LogP contribution >= 0.6 is 0 Å². The highest BCUT2D eigenvalue weighted by Crippen LogP contribution is 2.23. The molecule has 1 unspecified atom stereocenters. The fourth-order valence-electron chi connectivity index (χ4n) is 2.74. The lowest BCUT2D eigenvalue weighted by Crippen LogP contribution is -2.44. The zero-order valence-corrected chi connectivity index (χ0v) is 15.8. The third kappa shape index (κ3) is 4.41. The van der Waals surface area contributed by atoms with Crippen LogP contribution in [0.5, 0.6) is 5.75 Å². The molecule has 0 radical (unpaired) electrons. The summed E-state index contributed by atoms with van der Waals surface area (Å²) in [5, 5.41) is 9.26. The Labute approximate surface area is 164 Å². The number of ether oxygens (including phenoxy) is 1. The monoisotopic (exact) mass is 407 g/mol. The minimum absolute atomic E-state index is 0.0621. The van der Waals surface area contributed by atoms with E-state index >= 15 is 0 Å². The molecule has 3 heterocycles. The predicted molar refractivity (Wildman–Crippen MR) is 101 cm³/mol. The van der Waals surface area contributed by atoms with Crippen molar-refractivity contribution in [3.05, 3.63) is 53.6 Å². The molecule has 3 aromatic rings. The van der Waals surface area contributed by atoms with Gasteiger partial charge in [-0.25, -0.2) is 22.7 Å². The molecule has 1 atom stereocenters. The third-order valence-electron chi connectivity index (χ3n) is 4.14. The molecule has 1 aromatic carbocycles. The SMILES string of the molecule is CC.O=C1NC(C(F)F)COc2ccc(F)cc2CNc2ccn3ncc1c3n2. The number of amides is 1. The molecule has 0 fully saturated rings. The molecule has 1 aliphatic rings. The summed E-state index contributed by atoms with van der Waals surface area (Å²) >= 11 is 0. The number of nitrogens with zero attached hydrogens (tertiary/aromatic N) is 3. The molecule has 10 heteroatoms. The van der Waals surface area contributed by atoms with Crippen molar-refractivity contribution in [3.8, 4) is 5.75 Å². The number of benzene rings is 1. The summed E-state index contributed by atoms with van der Waals surface area (Å²) in [5.41, 5.74) is 0.709. The molecule has 0 saturated carbocycles. The lowest BCUT2D eigenvalue weighted by Gasteiger charge is -2.19. The number of carbonyl (C=O) groups excluding carboxylic acids is 1. The van der Waals surface area contributed by atoms with Gasteiger partial charge < -0.3 is 15.4 Å². The maximum atomic E-state index is 13.6. The van der Waals surface area contributed by atoms with Crippen molar-refractivity contribution in [2.24, 2.45) is 0 Å². The van der Waals surface area contributed by atoms with Gasteiger partial charge in [0.15, 0.2) is 5.65 Å². The lowest BCUT2D eigenvalue weighted by atomic mass is 10.2. The fourth-order valence-corrected chi connectivity index (χ4v) is 2.74. The third-order valence-corrected chi connectivity index (χ3v) is 4.14. The van der Waals surface area contributed by atoms with Crippen LogP contribution in [-0.4, -0.2) is 39.6 Å². The van der Waals surface area contributed by atoms with Gasteiger partial charge in [0.1, 0.15) is 35.6 Å². The van der Waals surface area contributed by atoms with E-state index in [9.17, 15) is 18.0 Å². The van der Waals surface area contributed by atoms with Crippen LogP contribution in [0, 0.1) is 5.82 Å². The largest absolute Gasteiger partial charge is 0.491 e. The second-order valence-corrected chi connectivity index (χ2v) is 5.97. The summed E-state index contributed by atoms with van der Waals surface area (Å²) in [4.78, 5) is 16.7. The van der Waals surface area contributed by atoms with Crippen molar-refractivity contribution in [3.63, 3.8) is 0 Å². The maximum absolute atomic E-state index is 13.6. The van der Waals surface area contributed by atoms with Crippen LogP contribution in [0.3, 0.4) is 0 Å². The number of nitrogens with one attached hydrogen (secondary N) is 2.